The third-order valence-electron chi connectivity index (χ3n) is 3.72. The van der Waals surface area contributed by atoms with Gasteiger partial charge in [-0.05, 0) is 30.0 Å². The lowest BCUT2D eigenvalue weighted by atomic mass is 9.98. The summed E-state index contributed by atoms with van der Waals surface area (Å²) >= 11 is 0. The Morgan fingerprint density at radius 3 is 2.82 bits per heavy atom. The van der Waals surface area contributed by atoms with Crippen LogP contribution in [0.4, 0.5) is 5.82 Å². The Kier molecular flexibility index (Phi) is 4.18. The first-order valence-electron chi connectivity index (χ1n) is 7.21. The van der Waals surface area contributed by atoms with Crippen molar-refractivity contribution < 1.29 is 9.26 Å². The summed E-state index contributed by atoms with van der Waals surface area (Å²) < 4.78 is 10.2. The van der Waals surface area contributed by atoms with Crippen LogP contribution < -0.4 is 10.1 Å². The molecule has 0 aliphatic carbocycles. The highest BCUT2D eigenvalue weighted by Crippen LogP contribution is 2.23. The van der Waals surface area contributed by atoms with E-state index in [0.29, 0.717) is 11.6 Å². The number of hydrogen-bond donors (Lipinski definition) is 1. The van der Waals surface area contributed by atoms with Crippen LogP contribution in [0.25, 0.3) is 11.1 Å². The highest BCUT2D eigenvalue weighted by atomic mass is 16.5. The molecule has 1 N–H and O–H groups in total. The van der Waals surface area contributed by atoms with Crippen LogP contribution in [0.1, 0.15) is 24.8 Å². The summed E-state index contributed by atoms with van der Waals surface area (Å²) in [5.74, 6) is 2.08. The first-order valence-corrected chi connectivity index (χ1v) is 7.21. The van der Waals surface area contributed by atoms with Crippen molar-refractivity contribution in [3.63, 3.8) is 0 Å². The van der Waals surface area contributed by atoms with Gasteiger partial charge >= 0.3 is 0 Å². The maximum atomic E-state index is 5.18. The van der Waals surface area contributed by atoms with E-state index in [1.54, 1.807) is 13.3 Å². The van der Waals surface area contributed by atoms with Crippen LogP contribution in [0.2, 0.25) is 0 Å². The standard InChI is InChI=1S/C16H18N4O2/c1-11(12-3-5-13(21-2)6-4-12)7-8-17-15-14-9-20-22-16(14)19-10-18-15/h3-6,9-11H,7-8H2,1-2H3,(H,17,18,19)/t11-/m0/s1. The minimum absolute atomic E-state index is 0.443. The zero-order valence-electron chi connectivity index (χ0n) is 12.6. The maximum Gasteiger partial charge on any atom is 0.262 e. The lowest BCUT2D eigenvalue weighted by Crippen LogP contribution is -2.07. The Hall–Kier alpha value is -2.63. The monoisotopic (exact) mass is 298 g/mol. The van der Waals surface area contributed by atoms with E-state index in [2.05, 4.69) is 39.5 Å². The van der Waals surface area contributed by atoms with E-state index in [1.165, 1.54) is 11.9 Å². The molecular formula is C16H18N4O2. The van der Waals surface area contributed by atoms with Crippen LogP contribution in [0.5, 0.6) is 5.75 Å². The van der Waals surface area contributed by atoms with Crippen LogP contribution in [-0.2, 0) is 0 Å². The molecule has 0 aliphatic heterocycles. The highest BCUT2D eigenvalue weighted by Gasteiger charge is 2.09. The molecule has 3 rings (SSSR count). The number of rotatable bonds is 6. The van der Waals surface area contributed by atoms with Crippen molar-refractivity contribution in [3.05, 3.63) is 42.4 Å². The zero-order chi connectivity index (χ0) is 15.4. The highest BCUT2D eigenvalue weighted by molar-refractivity contribution is 5.84. The Labute approximate surface area is 128 Å². The summed E-state index contributed by atoms with van der Waals surface area (Å²) in [5.41, 5.74) is 1.79. The van der Waals surface area contributed by atoms with E-state index in [0.717, 1.165) is 29.9 Å². The minimum atomic E-state index is 0.443. The predicted molar refractivity (Wildman–Crippen MR) is 84.1 cm³/mol. The van der Waals surface area contributed by atoms with Crippen molar-refractivity contribution in [1.82, 2.24) is 15.1 Å². The molecule has 0 unspecified atom stereocenters. The first kappa shape index (κ1) is 14.3. The summed E-state index contributed by atoms with van der Waals surface area (Å²) in [6.07, 6.45) is 4.09. The van der Waals surface area contributed by atoms with E-state index in [4.69, 9.17) is 9.26 Å². The summed E-state index contributed by atoms with van der Waals surface area (Å²) in [5, 5.41) is 7.87. The molecule has 0 aliphatic rings. The second-order valence-electron chi connectivity index (χ2n) is 5.16. The van der Waals surface area contributed by atoms with Crippen molar-refractivity contribution in [1.29, 1.82) is 0 Å². The van der Waals surface area contributed by atoms with Gasteiger partial charge in [-0.3, -0.25) is 0 Å². The number of nitrogens with one attached hydrogen (secondary N) is 1. The number of benzene rings is 1. The summed E-state index contributed by atoms with van der Waals surface area (Å²) in [4.78, 5) is 8.25. The number of ether oxygens (including phenoxy) is 1. The van der Waals surface area contributed by atoms with Gasteiger partial charge in [-0.2, -0.15) is 4.98 Å². The normalized spacial score (nSPS) is 12.3. The number of anilines is 1. The lowest BCUT2D eigenvalue weighted by molar-refractivity contribution is 0.414. The van der Waals surface area contributed by atoms with E-state index >= 15 is 0 Å². The second-order valence-corrected chi connectivity index (χ2v) is 5.16. The van der Waals surface area contributed by atoms with Crippen molar-refractivity contribution in [3.8, 4) is 5.75 Å². The van der Waals surface area contributed by atoms with Crippen LogP contribution >= 0.6 is 0 Å². The fraction of sp³-hybridized carbons (Fsp3) is 0.312. The minimum Gasteiger partial charge on any atom is -0.497 e. The number of hydrogen-bond acceptors (Lipinski definition) is 6. The van der Waals surface area contributed by atoms with Crippen LogP contribution in [0.15, 0.2) is 41.3 Å². The molecule has 6 nitrogen and oxygen atoms in total. The van der Waals surface area contributed by atoms with Crippen LogP contribution in [0.3, 0.4) is 0 Å². The largest absolute Gasteiger partial charge is 0.497 e. The van der Waals surface area contributed by atoms with Gasteiger partial charge in [0.05, 0.1) is 13.3 Å². The van der Waals surface area contributed by atoms with Crippen molar-refractivity contribution in [2.45, 2.75) is 19.3 Å². The average Bonchev–Trinajstić information content (AvgIpc) is 3.04. The van der Waals surface area contributed by atoms with Gasteiger partial charge in [0.2, 0.25) is 0 Å². The quantitative estimate of drug-likeness (QED) is 0.753. The van der Waals surface area contributed by atoms with Crippen molar-refractivity contribution in [2.24, 2.45) is 0 Å². The molecule has 0 saturated carbocycles. The summed E-state index contributed by atoms with van der Waals surface area (Å²) in [6, 6.07) is 8.19. The molecule has 0 fully saturated rings. The molecule has 1 aromatic carbocycles. The van der Waals surface area contributed by atoms with Crippen LogP contribution in [-0.4, -0.2) is 28.8 Å². The van der Waals surface area contributed by atoms with E-state index in [1.807, 2.05) is 12.1 Å². The van der Waals surface area contributed by atoms with Gasteiger partial charge in [0.15, 0.2) is 0 Å². The SMILES string of the molecule is COc1ccc([C@@H](C)CCNc2ncnc3oncc23)cc1. The van der Waals surface area contributed by atoms with Crippen molar-refractivity contribution in [2.75, 3.05) is 19.0 Å². The van der Waals surface area contributed by atoms with Gasteiger partial charge in [0.25, 0.3) is 5.71 Å². The zero-order valence-corrected chi connectivity index (χ0v) is 12.6. The molecule has 2 heterocycles. The molecule has 0 bridgehead atoms. The molecule has 2 aromatic heterocycles. The first-order chi connectivity index (χ1) is 10.8. The molecule has 0 spiro atoms. The molecule has 1 atom stereocenters. The molecule has 0 saturated heterocycles. The van der Waals surface area contributed by atoms with Crippen molar-refractivity contribution >= 4 is 16.9 Å². The molecule has 3 aromatic rings. The van der Waals surface area contributed by atoms with Gasteiger partial charge in [0.1, 0.15) is 23.3 Å². The van der Waals surface area contributed by atoms with E-state index in [9.17, 15) is 0 Å². The fourth-order valence-electron chi connectivity index (χ4n) is 2.34. The smallest absolute Gasteiger partial charge is 0.262 e. The molecule has 0 amide bonds. The molecule has 22 heavy (non-hydrogen) atoms. The average molecular weight is 298 g/mol. The topological polar surface area (TPSA) is 73.1 Å². The third-order valence-corrected chi connectivity index (χ3v) is 3.72. The predicted octanol–water partition coefficient (Wildman–Crippen LogP) is 3.23. The number of nitrogens with zero attached hydrogens (tertiary/aromatic N) is 3. The Balaban J connectivity index is 1.59. The fourth-order valence-corrected chi connectivity index (χ4v) is 2.34. The molecule has 0 radical (unpaired) electrons. The molecule has 114 valence electrons. The maximum absolute atomic E-state index is 5.18. The van der Waals surface area contributed by atoms with Crippen LogP contribution in [0, 0.1) is 0 Å². The van der Waals surface area contributed by atoms with E-state index in [-0.39, 0.29) is 0 Å². The summed E-state index contributed by atoms with van der Waals surface area (Å²) in [7, 11) is 1.68. The van der Waals surface area contributed by atoms with E-state index < -0.39 is 0 Å². The number of fused-ring (bicyclic) bond motifs is 1. The van der Waals surface area contributed by atoms with Gasteiger partial charge in [0, 0.05) is 6.54 Å². The Morgan fingerprint density at radius 2 is 2.05 bits per heavy atom. The third kappa shape index (κ3) is 3.00. The van der Waals surface area contributed by atoms with Gasteiger partial charge in [-0.1, -0.05) is 24.2 Å². The van der Waals surface area contributed by atoms with Gasteiger partial charge < -0.3 is 14.6 Å². The second kappa shape index (κ2) is 6.43. The number of aromatic nitrogens is 3. The van der Waals surface area contributed by atoms with Gasteiger partial charge in [-0.25, -0.2) is 4.98 Å². The number of methoxy groups -OCH3 is 1. The van der Waals surface area contributed by atoms with Gasteiger partial charge in [-0.15, -0.1) is 0 Å². The molecular weight excluding hydrogens is 280 g/mol. The Bertz CT molecular complexity index is 739. The lowest BCUT2D eigenvalue weighted by Gasteiger charge is -2.13. The summed E-state index contributed by atoms with van der Waals surface area (Å²) in [6.45, 7) is 3.02. The molecule has 6 heteroatoms. The Morgan fingerprint density at radius 1 is 1.23 bits per heavy atom.